The Kier molecular flexibility index (Phi) is 5.62. The third kappa shape index (κ3) is 3.69. The van der Waals surface area contributed by atoms with Crippen molar-refractivity contribution in [3.8, 4) is 28.6 Å². The molecule has 0 spiro atoms. The lowest BCUT2D eigenvalue weighted by Crippen LogP contribution is -2.49. The standard InChI is InChI=1S/C46H28N4OSi/c1-48-28-13-18-40-35(23-28)34-22-27(26-47)12-17-39(34)49(40)29-14-20-43-36(24-29)37-25-30(15-21-44(37)52(43,2)3)50-38-10-6-4-9-33(38)45-41(50)19-16-32-31-8-5-7-11-42(31)51-46(32)45/h4-25H,2-3H3. The average Bonchev–Trinajstić information content (AvgIpc) is 3.89. The van der Waals surface area contributed by atoms with Crippen molar-refractivity contribution in [2.75, 3.05) is 0 Å². The predicted octanol–water partition coefficient (Wildman–Crippen LogP) is 11.0. The number of nitriles is 1. The molecule has 6 heteroatoms. The van der Waals surface area contributed by atoms with Crippen molar-refractivity contribution in [2.24, 2.45) is 0 Å². The van der Waals surface area contributed by atoms with Crippen molar-refractivity contribution in [3.63, 3.8) is 0 Å². The van der Waals surface area contributed by atoms with Crippen molar-refractivity contribution in [2.45, 2.75) is 13.1 Å². The minimum absolute atomic E-state index is 0.586. The summed E-state index contributed by atoms with van der Waals surface area (Å²) in [6.45, 7) is 12.5. The highest BCUT2D eigenvalue weighted by molar-refractivity contribution is 7.03. The number of aromatic nitrogens is 2. The van der Waals surface area contributed by atoms with E-state index in [2.05, 4.69) is 118 Å². The average molecular weight is 681 g/mol. The Balaban J connectivity index is 1.15. The highest BCUT2D eigenvalue weighted by Gasteiger charge is 2.38. The molecule has 0 aliphatic carbocycles. The van der Waals surface area contributed by atoms with Gasteiger partial charge in [0.2, 0.25) is 0 Å². The number of fused-ring (bicyclic) bond motifs is 13. The van der Waals surface area contributed by atoms with Gasteiger partial charge >= 0.3 is 0 Å². The lowest BCUT2D eigenvalue weighted by Gasteiger charge is -2.19. The molecule has 0 atom stereocenters. The van der Waals surface area contributed by atoms with Crippen molar-refractivity contribution in [1.29, 1.82) is 5.26 Å². The number of nitrogens with zero attached hydrogens (tertiary/aromatic N) is 4. The first kappa shape index (κ1) is 28.9. The molecule has 0 saturated heterocycles. The zero-order chi connectivity index (χ0) is 34.9. The minimum atomic E-state index is -1.99. The van der Waals surface area contributed by atoms with Crippen LogP contribution in [0.15, 0.2) is 138 Å². The lowest BCUT2D eigenvalue weighted by molar-refractivity contribution is 0.673. The summed E-state index contributed by atoms with van der Waals surface area (Å²) in [6, 6.07) is 49.4. The van der Waals surface area contributed by atoms with E-state index in [1.165, 1.54) is 26.9 Å². The van der Waals surface area contributed by atoms with Crippen LogP contribution in [0.5, 0.6) is 0 Å². The van der Waals surface area contributed by atoms with Gasteiger partial charge in [0.15, 0.2) is 5.69 Å². The van der Waals surface area contributed by atoms with Gasteiger partial charge in [-0.25, -0.2) is 4.85 Å². The molecule has 1 aliphatic rings. The minimum Gasteiger partial charge on any atom is -0.455 e. The molecule has 0 saturated carbocycles. The van der Waals surface area contributed by atoms with E-state index in [1.54, 1.807) is 0 Å². The molecule has 52 heavy (non-hydrogen) atoms. The van der Waals surface area contributed by atoms with Crippen LogP contribution in [-0.4, -0.2) is 17.2 Å². The van der Waals surface area contributed by atoms with Crippen LogP contribution >= 0.6 is 0 Å². The van der Waals surface area contributed by atoms with E-state index in [4.69, 9.17) is 11.0 Å². The second-order valence-electron chi connectivity index (χ2n) is 14.4. The number of furan rings is 1. The Bertz CT molecular complexity index is 3240. The third-order valence-electron chi connectivity index (χ3n) is 11.3. The fraction of sp³-hybridized carbons (Fsp3) is 0.0435. The Morgan fingerprint density at radius 1 is 0.596 bits per heavy atom. The van der Waals surface area contributed by atoms with E-state index in [0.29, 0.717) is 11.3 Å². The number of rotatable bonds is 2. The van der Waals surface area contributed by atoms with Gasteiger partial charge in [0.25, 0.3) is 0 Å². The van der Waals surface area contributed by atoms with Crippen LogP contribution in [0.25, 0.3) is 92.9 Å². The Morgan fingerprint density at radius 2 is 1.21 bits per heavy atom. The number of hydrogen-bond acceptors (Lipinski definition) is 2. The molecule has 7 aromatic carbocycles. The van der Waals surface area contributed by atoms with Crippen LogP contribution in [0, 0.1) is 17.9 Å². The first-order chi connectivity index (χ1) is 25.4. The molecular weight excluding hydrogens is 653 g/mol. The van der Waals surface area contributed by atoms with Crippen LogP contribution < -0.4 is 10.4 Å². The van der Waals surface area contributed by atoms with Gasteiger partial charge in [0.05, 0.1) is 45.7 Å². The normalized spacial score (nSPS) is 13.3. The molecule has 1 aliphatic heterocycles. The molecule has 5 nitrogen and oxygen atoms in total. The molecule has 242 valence electrons. The fourth-order valence-corrected chi connectivity index (χ4v) is 12.0. The van der Waals surface area contributed by atoms with Gasteiger partial charge in [0.1, 0.15) is 19.2 Å². The quantitative estimate of drug-likeness (QED) is 0.135. The van der Waals surface area contributed by atoms with Gasteiger partial charge in [-0.1, -0.05) is 67.7 Å². The topological polar surface area (TPSA) is 51.1 Å². The molecule has 11 rings (SSSR count). The molecule has 0 radical (unpaired) electrons. The number of para-hydroxylation sites is 2. The van der Waals surface area contributed by atoms with Crippen LogP contribution in [0.1, 0.15) is 5.56 Å². The van der Waals surface area contributed by atoms with Gasteiger partial charge in [0, 0.05) is 32.9 Å². The molecule has 0 N–H and O–H groups in total. The van der Waals surface area contributed by atoms with Crippen LogP contribution in [0.4, 0.5) is 5.69 Å². The molecule has 4 heterocycles. The Labute approximate surface area is 299 Å². The maximum Gasteiger partial charge on any atom is 0.188 e. The summed E-state index contributed by atoms with van der Waals surface area (Å²) in [5.41, 5.74) is 12.1. The van der Waals surface area contributed by atoms with E-state index in [1.807, 2.05) is 48.5 Å². The maximum atomic E-state index is 9.72. The first-order valence-corrected chi connectivity index (χ1v) is 20.4. The fourth-order valence-electron chi connectivity index (χ4n) is 8.97. The van der Waals surface area contributed by atoms with Crippen molar-refractivity contribution < 1.29 is 4.42 Å². The summed E-state index contributed by atoms with van der Waals surface area (Å²) in [7, 11) is -1.99. The van der Waals surface area contributed by atoms with Gasteiger partial charge in [-0.05, 0) is 106 Å². The van der Waals surface area contributed by atoms with Crippen LogP contribution in [0.2, 0.25) is 13.1 Å². The van der Waals surface area contributed by atoms with E-state index >= 15 is 0 Å². The lowest BCUT2D eigenvalue weighted by atomic mass is 10.0. The molecule has 0 amide bonds. The smallest absolute Gasteiger partial charge is 0.188 e. The summed E-state index contributed by atoms with van der Waals surface area (Å²) in [4.78, 5) is 3.71. The zero-order valence-electron chi connectivity index (χ0n) is 28.4. The van der Waals surface area contributed by atoms with Gasteiger partial charge in [-0.3, -0.25) is 0 Å². The van der Waals surface area contributed by atoms with Crippen LogP contribution in [0.3, 0.4) is 0 Å². The van der Waals surface area contributed by atoms with E-state index in [9.17, 15) is 5.26 Å². The Hall–Kier alpha value is -6.86. The summed E-state index contributed by atoms with van der Waals surface area (Å²) in [6.07, 6.45) is 0. The summed E-state index contributed by atoms with van der Waals surface area (Å²) in [5.74, 6) is 0. The highest BCUT2D eigenvalue weighted by atomic mass is 28.3. The molecule has 10 aromatic rings. The zero-order valence-corrected chi connectivity index (χ0v) is 29.4. The number of hydrogen-bond donors (Lipinski definition) is 0. The summed E-state index contributed by atoms with van der Waals surface area (Å²) in [5, 5.41) is 19.1. The van der Waals surface area contributed by atoms with Crippen molar-refractivity contribution in [1.82, 2.24) is 9.13 Å². The predicted molar refractivity (Wildman–Crippen MR) is 216 cm³/mol. The second-order valence-corrected chi connectivity index (χ2v) is 18.7. The molecule has 0 fully saturated rings. The van der Waals surface area contributed by atoms with Crippen molar-refractivity contribution in [3.05, 3.63) is 150 Å². The number of benzene rings is 7. The third-order valence-corrected chi connectivity index (χ3v) is 14.9. The molecule has 0 bridgehead atoms. The molecular formula is C46H28N4OSi. The maximum absolute atomic E-state index is 9.72. The van der Waals surface area contributed by atoms with E-state index in [-0.39, 0.29) is 0 Å². The highest BCUT2D eigenvalue weighted by Crippen LogP contribution is 2.42. The Morgan fingerprint density at radius 3 is 1.94 bits per heavy atom. The van der Waals surface area contributed by atoms with E-state index < -0.39 is 8.07 Å². The monoisotopic (exact) mass is 680 g/mol. The summed E-state index contributed by atoms with van der Waals surface area (Å²) < 4.78 is 11.2. The van der Waals surface area contributed by atoms with Crippen LogP contribution in [-0.2, 0) is 0 Å². The van der Waals surface area contributed by atoms with E-state index in [0.717, 1.165) is 71.5 Å². The second kappa shape index (κ2) is 10.1. The largest absolute Gasteiger partial charge is 0.455 e. The van der Waals surface area contributed by atoms with Crippen molar-refractivity contribution >= 4 is 89.7 Å². The van der Waals surface area contributed by atoms with Gasteiger partial charge < -0.3 is 13.6 Å². The molecule has 0 unspecified atom stereocenters. The van der Waals surface area contributed by atoms with Gasteiger partial charge in [-0.2, -0.15) is 5.26 Å². The summed E-state index contributed by atoms with van der Waals surface area (Å²) >= 11 is 0. The SMILES string of the molecule is [C-]#[N+]c1ccc2c(c1)c1cc(C#N)ccc1n2-c1ccc2c(c1)-c1cc(-n3c4ccccc4c4c5oc6ccccc6c5ccc43)ccc1[Si]2(C)C. The molecule has 3 aromatic heterocycles. The first-order valence-electron chi connectivity index (χ1n) is 17.4. The van der Waals surface area contributed by atoms with Gasteiger partial charge in [-0.15, -0.1) is 0 Å².